The molecule has 2 bridgehead atoms. The highest BCUT2D eigenvalue weighted by Gasteiger charge is 2.48. The maximum Gasteiger partial charge on any atom is 0.225 e. The predicted octanol–water partition coefficient (Wildman–Crippen LogP) is 2.46. The van der Waals surface area contributed by atoms with Crippen molar-refractivity contribution in [2.75, 3.05) is 6.61 Å². The lowest BCUT2D eigenvalue weighted by Crippen LogP contribution is -2.45. The summed E-state index contributed by atoms with van der Waals surface area (Å²) in [6, 6.07) is 8.06. The summed E-state index contributed by atoms with van der Waals surface area (Å²) < 4.78 is 5.91. The van der Waals surface area contributed by atoms with Gasteiger partial charge in [0.05, 0.1) is 12.5 Å². The van der Waals surface area contributed by atoms with Crippen molar-refractivity contribution in [3.05, 3.63) is 29.8 Å². The van der Waals surface area contributed by atoms with Crippen molar-refractivity contribution in [2.24, 2.45) is 29.4 Å². The fourth-order valence-electron chi connectivity index (χ4n) is 4.31. The third kappa shape index (κ3) is 3.09. The second-order valence-corrected chi connectivity index (χ2v) is 7.52. The molecule has 4 atom stereocenters. The first-order valence-corrected chi connectivity index (χ1v) is 8.96. The van der Waals surface area contributed by atoms with Gasteiger partial charge in [-0.1, -0.05) is 18.2 Å². The predicted molar refractivity (Wildman–Crippen MR) is 88.8 cm³/mol. The molecule has 0 heterocycles. The number of hydrogen-bond acceptors (Lipinski definition) is 3. The molecule has 3 N–H and O–H groups in total. The molecule has 4 heteroatoms. The fraction of sp³-hybridized carbons (Fsp3) is 0.632. The van der Waals surface area contributed by atoms with Crippen LogP contribution in [0, 0.1) is 23.7 Å². The van der Waals surface area contributed by atoms with Crippen molar-refractivity contribution in [3.8, 4) is 5.75 Å². The topological polar surface area (TPSA) is 64.4 Å². The quantitative estimate of drug-likeness (QED) is 0.848. The van der Waals surface area contributed by atoms with Crippen LogP contribution < -0.4 is 15.8 Å². The zero-order chi connectivity index (χ0) is 15.8. The van der Waals surface area contributed by atoms with Gasteiger partial charge in [-0.3, -0.25) is 4.79 Å². The van der Waals surface area contributed by atoms with Gasteiger partial charge in [0, 0.05) is 18.2 Å². The molecule has 3 aliphatic rings. The molecular formula is C19H26N2O2. The van der Waals surface area contributed by atoms with E-state index < -0.39 is 0 Å². The zero-order valence-electron chi connectivity index (χ0n) is 13.5. The van der Waals surface area contributed by atoms with Crippen LogP contribution in [-0.2, 0) is 11.3 Å². The number of nitrogens with one attached hydrogen (secondary N) is 1. The summed E-state index contributed by atoms with van der Waals surface area (Å²) in [6.07, 6.45) is 6.06. The normalized spacial score (nSPS) is 32.0. The molecule has 0 spiro atoms. The molecule has 1 aromatic rings. The standard InChI is InChI=1S/C19H26N2O2/c20-18-14-8-7-13(9-14)17(18)19(22)21-10-15-3-1-2-4-16(15)23-11-12-5-6-12/h1-4,12-14,17-18H,5-11,20H2,(H,21,22). The number of amides is 1. The van der Waals surface area contributed by atoms with Gasteiger partial charge in [0.1, 0.15) is 5.75 Å². The van der Waals surface area contributed by atoms with Crippen LogP contribution in [0.1, 0.15) is 37.7 Å². The Bertz CT molecular complexity index is 582. The summed E-state index contributed by atoms with van der Waals surface area (Å²) in [7, 11) is 0. The van der Waals surface area contributed by atoms with Gasteiger partial charge >= 0.3 is 0 Å². The van der Waals surface area contributed by atoms with Crippen molar-refractivity contribution in [1.29, 1.82) is 0 Å². The molecule has 3 fully saturated rings. The van der Waals surface area contributed by atoms with Crippen molar-refractivity contribution < 1.29 is 9.53 Å². The molecule has 0 saturated heterocycles. The Morgan fingerprint density at radius 1 is 1.17 bits per heavy atom. The summed E-state index contributed by atoms with van der Waals surface area (Å²) in [5.74, 6) is 2.82. The minimum Gasteiger partial charge on any atom is -0.493 e. The molecule has 1 aromatic carbocycles. The van der Waals surface area contributed by atoms with E-state index in [1.807, 2.05) is 24.3 Å². The Kier molecular flexibility index (Phi) is 4.02. The summed E-state index contributed by atoms with van der Waals surface area (Å²) in [6.45, 7) is 1.32. The summed E-state index contributed by atoms with van der Waals surface area (Å²) in [4.78, 5) is 12.6. The molecule has 4 rings (SSSR count). The van der Waals surface area contributed by atoms with Crippen molar-refractivity contribution in [2.45, 2.75) is 44.7 Å². The van der Waals surface area contributed by atoms with Crippen LogP contribution in [0.25, 0.3) is 0 Å². The number of carbonyl (C=O) groups excluding carboxylic acids is 1. The Labute approximate surface area is 137 Å². The number of benzene rings is 1. The molecule has 3 aliphatic carbocycles. The average molecular weight is 314 g/mol. The van der Waals surface area contributed by atoms with E-state index in [2.05, 4.69) is 5.32 Å². The first-order chi connectivity index (χ1) is 11.2. The zero-order valence-corrected chi connectivity index (χ0v) is 13.5. The van der Waals surface area contributed by atoms with Crippen LogP contribution in [-0.4, -0.2) is 18.6 Å². The van der Waals surface area contributed by atoms with E-state index in [0.29, 0.717) is 18.4 Å². The Hall–Kier alpha value is -1.55. The molecule has 4 nitrogen and oxygen atoms in total. The first kappa shape index (κ1) is 15.0. The van der Waals surface area contributed by atoms with Crippen LogP contribution in [0.4, 0.5) is 0 Å². The number of ether oxygens (including phenoxy) is 1. The van der Waals surface area contributed by atoms with Crippen LogP contribution in [0.2, 0.25) is 0 Å². The molecule has 3 saturated carbocycles. The van der Waals surface area contributed by atoms with Crippen molar-refractivity contribution in [3.63, 3.8) is 0 Å². The minimum atomic E-state index is 0.00768. The van der Waals surface area contributed by atoms with E-state index in [9.17, 15) is 4.79 Å². The minimum absolute atomic E-state index is 0.00768. The number of para-hydroxylation sites is 1. The van der Waals surface area contributed by atoms with E-state index >= 15 is 0 Å². The Morgan fingerprint density at radius 3 is 2.70 bits per heavy atom. The second-order valence-electron chi connectivity index (χ2n) is 7.52. The van der Waals surface area contributed by atoms with Crippen LogP contribution in [0.5, 0.6) is 5.75 Å². The fourth-order valence-corrected chi connectivity index (χ4v) is 4.31. The molecule has 1 amide bonds. The van der Waals surface area contributed by atoms with Gasteiger partial charge in [-0.25, -0.2) is 0 Å². The van der Waals surface area contributed by atoms with Gasteiger partial charge in [0.2, 0.25) is 5.91 Å². The van der Waals surface area contributed by atoms with E-state index in [-0.39, 0.29) is 17.9 Å². The lowest BCUT2D eigenvalue weighted by atomic mass is 9.84. The van der Waals surface area contributed by atoms with Gasteiger partial charge in [0.25, 0.3) is 0 Å². The highest BCUT2D eigenvalue weighted by atomic mass is 16.5. The molecular weight excluding hydrogens is 288 g/mol. The van der Waals surface area contributed by atoms with Crippen molar-refractivity contribution in [1.82, 2.24) is 5.32 Å². The number of fused-ring (bicyclic) bond motifs is 2. The van der Waals surface area contributed by atoms with Gasteiger partial charge in [-0.2, -0.15) is 0 Å². The molecule has 0 radical (unpaired) electrons. The maximum atomic E-state index is 12.6. The molecule has 4 unspecified atom stereocenters. The van der Waals surface area contributed by atoms with Gasteiger partial charge in [-0.15, -0.1) is 0 Å². The van der Waals surface area contributed by atoms with Gasteiger partial charge in [-0.05, 0) is 55.9 Å². The summed E-state index contributed by atoms with van der Waals surface area (Å²) in [5.41, 5.74) is 7.32. The smallest absolute Gasteiger partial charge is 0.225 e. The summed E-state index contributed by atoms with van der Waals surface area (Å²) in [5, 5.41) is 3.10. The van der Waals surface area contributed by atoms with Crippen LogP contribution in [0.3, 0.4) is 0 Å². The van der Waals surface area contributed by atoms with E-state index in [0.717, 1.165) is 36.7 Å². The second kappa shape index (κ2) is 6.16. The van der Waals surface area contributed by atoms with Crippen LogP contribution >= 0.6 is 0 Å². The highest BCUT2D eigenvalue weighted by molar-refractivity contribution is 5.80. The summed E-state index contributed by atoms with van der Waals surface area (Å²) >= 11 is 0. The van der Waals surface area contributed by atoms with E-state index in [1.165, 1.54) is 19.3 Å². The first-order valence-electron chi connectivity index (χ1n) is 8.96. The molecule has 124 valence electrons. The number of nitrogens with two attached hydrogens (primary N) is 1. The van der Waals surface area contributed by atoms with E-state index in [4.69, 9.17) is 10.5 Å². The molecule has 0 aliphatic heterocycles. The number of hydrogen-bond donors (Lipinski definition) is 2. The highest BCUT2D eigenvalue weighted by Crippen LogP contribution is 2.47. The maximum absolute atomic E-state index is 12.6. The van der Waals surface area contributed by atoms with Crippen LogP contribution in [0.15, 0.2) is 24.3 Å². The van der Waals surface area contributed by atoms with Gasteiger partial charge < -0.3 is 15.8 Å². The van der Waals surface area contributed by atoms with E-state index in [1.54, 1.807) is 0 Å². The van der Waals surface area contributed by atoms with Crippen molar-refractivity contribution >= 4 is 5.91 Å². The SMILES string of the molecule is NC1C2CCC(C2)C1C(=O)NCc1ccccc1OCC1CC1. The third-order valence-corrected chi connectivity index (χ3v) is 5.88. The largest absolute Gasteiger partial charge is 0.493 e. The third-order valence-electron chi connectivity index (χ3n) is 5.88. The Balaban J connectivity index is 1.36. The lowest BCUT2D eigenvalue weighted by Gasteiger charge is -2.27. The molecule has 0 aromatic heterocycles. The lowest BCUT2D eigenvalue weighted by molar-refractivity contribution is -0.127. The monoisotopic (exact) mass is 314 g/mol. The number of carbonyl (C=O) groups is 1. The average Bonchev–Trinajstić information content (AvgIpc) is 3.19. The van der Waals surface area contributed by atoms with Gasteiger partial charge in [0.15, 0.2) is 0 Å². The number of rotatable bonds is 6. The Morgan fingerprint density at radius 2 is 1.96 bits per heavy atom. The molecule has 23 heavy (non-hydrogen) atoms.